The Hall–Kier alpha value is -2.83. The molecule has 0 radical (unpaired) electrons. The summed E-state index contributed by atoms with van der Waals surface area (Å²) in [5.74, 6) is 1.55. The number of nitrogens with zero attached hydrogens (tertiary/aromatic N) is 2. The third-order valence-electron chi connectivity index (χ3n) is 3.05. The number of hydrogen-bond acceptors (Lipinski definition) is 6. The highest BCUT2D eigenvalue weighted by Gasteiger charge is 2.08. The number of ether oxygens (including phenoxy) is 2. The molecule has 0 saturated heterocycles. The van der Waals surface area contributed by atoms with E-state index in [-0.39, 0.29) is 5.56 Å². The molecular weight excluding hydrogens is 296 g/mol. The zero-order chi connectivity index (χ0) is 16.7. The first kappa shape index (κ1) is 16.5. The number of benzene rings is 1. The Balaban J connectivity index is 2.20. The summed E-state index contributed by atoms with van der Waals surface area (Å²) in [6.45, 7) is 4.35. The van der Waals surface area contributed by atoms with Gasteiger partial charge in [0.1, 0.15) is 0 Å². The predicted molar refractivity (Wildman–Crippen MR) is 89.6 cm³/mol. The molecule has 0 fully saturated rings. The van der Waals surface area contributed by atoms with Crippen molar-refractivity contribution in [1.82, 2.24) is 9.97 Å². The van der Waals surface area contributed by atoms with Crippen molar-refractivity contribution in [3.8, 4) is 11.5 Å². The lowest BCUT2D eigenvalue weighted by Gasteiger charge is -2.11. The fraction of sp³-hybridized carbons (Fsp3) is 0.312. The van der Waals surface area contributed by atoms with E-state index in [1.165, 1.54) is 6.07 Å². The number of H-pyrrole nitrogens is 1. The van der Waals surface area contributed by atoms with Gasteiger partial charge in [-0.25, -0.2) is 10.4 Å². The summed E-state index contributed by atoms with van der Waals surface area (Å²) in [7, 11) is 1.59. The fourth-order valence-electron chi connectivity index (χ4n) is 2.00. The Morgan fingerprint density at radius 1 is 1.39 bits per heavy atom. The van der Waals surface area contributed by atoms with Gasteiger partial charge in [-0.05, 0) is 25.5 Å². The van der Waals surface area contributed by atoms with E-state index in [9.17, 15) is 4.79 Å². The van der Waals surface area contributed by atoms with Crippen molar-refractivity contribution in [2.45, 2.75) is 20.3 Å². The molecule has 1 aromatic heterocycles. The summed E-state index contributed by atoms with van der Waals surface area (Å²) in [6.07, 6.45) is 2.26. The molecule has 0 aliphatic heterocycles. The quantitative estimate of drug-likeness (QED) is 0.604. The minimum Gasteiger partial charge on any atom is -0.493 e. The van der Waals surface area contributed by atoms with Crippen LogP contribution in [-0.4, -0.2) is 29.9 Å². The third kappa shape index (κ3) is 4.32. The Morgan fingerprint density at radius 3 is 2.91 bits per heavy atom. The highest BCUT2D eigenvalue weighted by atomic mass is 16.5. The summed E-state index contributed by atoms with van der Waals surface area (Å²) in [5, 5.41) is 4.10. The van der Waals surface area contributed by atoms with Crippen molar-refractivity contribution in [1.29, 1.82) is 0 Å². The zero-order valence-electron chi connectivity index (χ0n) is 13.4. The van der Waals surface area contributed by atoms with Gasteiger partial charge in [-0.3, -0.25) is 9.78 Å². The van der Waals surface area contributed by atoms with Gasteiger partial charge < -0.3 is 9.47 Å². The van der Waals surface area contributed by atoms with Crippen molar-refractivity contribution < 1.29 is 9.47 Å². The van der Waals surface area contributed by atoms with Gasteiger partial charge in [-0.2, -0.15) is 5.10 Å². The number of hydrogen-bond donors (Lipinski definition) is 2. The number of aromatic nitrogens is 2. The van der Waals surface area contributed by atoms with Crippen LogP contribution in [0.3, 0.4) is 0 Å². The summed E-state index contributed by atoms with van der Waals surface area (Å²) < 4.78 is 10.9. The first-order chi connectivity index (χ1) is 11.2. The number of aromatic amines is 1. The highest BCUT2D eigenvalue weighted by Crippen LogP contribution is 2.29. The van der Waals surface area contributed by atoms with Gasteiger partial charge in [0.05, 0.1) is 19.9 Å². The van der Waals surface area contributed by atoms with E-state index in [1.807, 2.05) is 32.0 Å². The van der Waals surface area contributed by atoms with Crippen LogP contribution in [0.25, 0.3) is 0 Å². The van der Waals surface area contributed by atoms with Gasteiger partial charge in [-0.1, -0.05) is 13.0 Å². The average molecular weight is 316 g/mol. The van der Waals surface area contributed by atoms with Gasteiger partial charge in [0.25, 0.3) is 5.56 Å². The van der Waals surface area contributed by atoms with Crippen molar-refractivity contribution in [3.05, 3.63) is 45.9 Å². The van der Waals surface area contributed by atoms with E-state index >= 15 is 0 Å². The molecule has 2 N–H and O–H groups in total. The molecule has 0 aliphatic rings. The second-order valence-electron chi connectivity index (χ2n) is 4.62. The van der Waals surface area contributed by atoms with Gasteiger partial charge in [0.2, 0.25) is 5.95 Å². The molecule has 7 heteroatoms. The first-order valence-electron chi connectivity index (χ1n) is 7.37. The van der Waals surface area contributed by atoms with Crippen molar-refractivity contribution >= 4 is 12.2 Å². The van der Waals surface area contributed by atoms with Crippen molar-refractivity contribution in [2.75, 3.05) is 19.1 Å². The van der Waals surface area contributed by atoms with Gasteiger partial charge in [-0.15, -0.1) is 0 Å². The Kier molecular flexibility index (Phi) is 5.74. The van der Waals surface area contributed by atoms with E-state index in [0.717, 1.165) is 5.56 Å². The van der Waals surface area contributed by atoms with Crippen LogP contribution in [0.4, 0.5) is 5.95 Å². The van der Waals surface area contributed by atoms with Crippen LogP contribution in [-0.2, 0) is 6.42 Å². The minimum absolute atomic E-state index is 0.217. The van der Waals surface area contributed by atoms with Crippen molar-refractivity contribution in [2.24, 2.45) is 5.10 Å². The molecule has 0 spiro atoms. The normalized spacial score (nSPS) is 10.7. The van der Waals surface area contributed by atoms with Gasteiger partial charge >= 0.3 is 0 Å². The van der Waals surface area contributed by atoms with Crippen LogP contribution in [0.1, 0.15) is 25.1 Å². The largest absolute Gasteiger partial charge is 0.493 e. The number of methoxy groups -OCH3 is 1. The smallest absolute Gasteiger partial charge is 0.252 e. The number of rotatable bonds is 7. The second kappa shape index (κ2) is 7.98. The number of anilines is 1. The van der Waals surface area contributed by atoms with Crippen LogP contribution in [0.5, 0.6) is 11.5 Å². The van der Waals surface area contributed by atoms with Crippen LogP contribution in [0.2, 0.25) is 0 Å². The summed E-state index contributed by atoms with van der Waals surface area (Å²) in [6, 6.07) is 6.99. The molecule has 0 unspecified atom stereocenters. The maximum absolute atomic E-state index is 11.5. The Labute approximate surface area is 134 Å². The maximum atomic E-state index is 11.5. The Morgan fingerprint density at radius 2 is 2.22 bits per heavy atom. The van der Waals surface area contributed by atoms with Gasteiger partial charge in [0, 0.05) is 17.3 Å². The summed E-state index contributed by atoms with van der Waals surface area (Å²) >= 11 is 0. The van der Waals surface area contributed by atoms with E-state index < -0.39 is 0 Å². The average Bonchev–Trinajstić information content (AvgIpc) is 2.55. The number of nitrogens with one attached hydrogen (secondary N) is 2. The monoisotopic (exact) mass is 316 g/mol. The molecule has 122 valence electrons. The standard InChI is InChI=1S/C16H20N4O3/c1-4-12-9-14(21)19-16(18-12)20-17-10-11-7-6-8-13(22-3)15(11)23-5-2/h6-10H,4-5H2,1-3H3,(H2,18,19,20,21)/b17-10-. The molecule has 1 heterocycles. The molecule has 0 aliphatic carbocycles. The molecule has 0 bridgehead atoms. The molecule has 0 amide bonds. The van der Waals surface area contributed by atoms with Crippen LogP contribution < -0.4 is 20.5 Å². The molecular formula is C16H20N4O3. The van der Waals surface area contributed by atoms with Crippen LogP contribution in [0.15, 0.2) is 34.2 Å². The second-order valence-corrected chi connectivity index (χ2v) is 4.62. The molecule has 2 rings (SSSR count). The molecule has 7 nitrogen and oxygen atoms in total. The maximum Gasteiger partial charge on any atom is 0.252 e. The van der Waals surface area contributed by atoms with E-state index in [1.54, 1.807) is 13.3 Å². The fourth-order valence-corrected chi connectivity index (χ4v) is 2.00. The molecule has 2 aromatic rings. The summed E-state index contributed by atoms with van der Waals surface area (Å²) in [5.41, 5.74) is 3.96. The molecule has 0 atom stereocenters. The summed E-state index contributed by atoms with van der Waals surface area (Å²) in [4.78, 5) is 18.3. The van der Waals surface area contributed by atoms with Gasteiger partial charge in [0.15, 0.2) is 11.5 Å². The van der Waals surface area contributed by atoms with Crippen molar-refractivity contribution in [3.63, 3.8) is 0 Å². The predicted octanol–water partition coefficient (Wildman–Crippen LogP) is 2.19. The highest BCUT2D eigenvalue weighted by molar-refractivity contribution is 5.85. The molecule has 1 aromatic carbocycles. The topological polar surface area (TPSA) is 88.6 Å². The minimum atomic E-state index is -0.217. The lowest BCUT2D eigenvalue weighted by Crippen LogP contribution is -2.11. The lowest BCUT2D eigenvalue weighted by molar-refractivity contribution is 0.310. The number of aryl methyl sites for hydroxylation is 1. The zero-order valence-corrected chi connectivity index (χ0v) is 13.4. The number of hydrazone groups is 1. The van der Waals surface area contributed by atoms with Crippen LogP contribution in [0, 0.1) is 0 Å². The molecule has 23 heavy (non-hydrogen) atoms. The third-order valence-corrected chi connectivity index (χ3v) is 3.05. The lowest BCUT2D eigenvalue weighted by atomic mass is 10.2. The number of para-hydroxylation sites is 1. The Bertz CT molecular complexity index is 740. The van der Waals surface area contributed by atoms with E-state index in [0.29, 0.717) is 36.2 Å². The molecule has 0 saturated carbocycles. The van der Waals surface area contributed by atoms with Crippen LogP contribution >= 0.6 is 0 Å². The first-order valence-corrected chi connectivity index (χ1v) is 7.37. The van der Waals surface area contributed by atoms with E-state index in [4.69, 9.17) is 9.47 Å². The SMILES string of the molecule is CCOc1c(/C=N\Nc2nc(CC)cc(=O)[nH]2)cccc1OC. The van der Waals surface area contributed by atoms with E-state index in [2.05, 4.69) is 20.5 Å².